The number of nitrogens with one attached hydrogen (secondary N) is 2. The molecule has 0 fully saturated rings. The number of guanidine groups is 1. The standard InChI is InChI=1S/C19H24N4OS2/c1-2-16-13-22-18(26-16)14-23-19(20-9-7-15-5-3-11-24-15)21-10-8-17-6-4-12-25-17/h3-6,11-13H,2,7-10,14H2,1H3,(H2,20,21,23). The molecule has 0 aliphatic carbocycles. The maximum absolute atomic E-state index is 5.38. The average molecular weight is 389 g/mol. The predicted molar refractivity (Wildman–Crippen MR) is 109 cm³/mol. The van der Waals surface area contributed by atoms with E-state index in [2.05, 4.69) is 40.1 Å². The maximum atomic E-state index is 5.38. The highest BCUT2D eigenvalue weighted by atomic mass is 32.1. The highest BCUT2D eigenvalue weighted by molar-refractivity contribution is 7.11. The van der Waals surface area contributed by atoms with Gasteiger partial charge in [0, 0.05) is 35.5 Å². The van der Waals surface area contributed by atoms with Crippen LogP contribution in [0.2, 0.25) is 0 Å². The Hall–Kier alpha value is -2.12. The zero-order chi connectivity index (χ0) is 18.0. The van der Waals surface area contributed by atoms with Gasteiger partial charge in [-0.3, -0.25) is 0 Å². The van der Waals surface area contributed by atoms with Crippen molar-refractivity contribution < 1.29 is 4.42 Å². The molecule has 0 bridgehead atoms. The summed E-state index contributed by atoms with van der Waals surface area (Å²) in [5.41, 5.74) is 0. The van der Waals surface area contributed by atoms with Crippen LogP contribution in [0.5, 0.6) is 0 Å². The summed E-state index contributed by atoms with van der Waals surface area (Å²) in [6, 6.07) is 8.15. The summed E-state index contributed by atoms with van der Waals surface area (Å²) in [5, 5.41) is 9.97. The molecule has 0 saturated carbocycles. The lowest BCUT2D eigenvalue weighted by Crippen LogP contribution is -2.39. The molecule has 3 aromatic rings. The fraction of sp³-hybridized carbons (Fsp3) is 0.368. The molecular weight excluding hydrogens is 364 g/mol. The van der Waals surface area contributed by atoms with E-state index >= 15 is 0 Å². The van der Waals surface area contributed by atoms with Crippen molar-refractivity contribution in [3.8, 4) is 0 Å². The van der Waals surface area contributed by atoms with Crippen LogP contribution < -0.4 is 10.6 Å². The third-order valence-corrected chi connectivity index (χ3v) is 5.87. The number of aryl methyl sites for hydroxylation is 1. The Balaban J connectivity index is 1.52. The molecule has 3 aromatic heterocycles. The van der Waals surface area contributed by atoms with Crippen LogP contribution in [0.3, 0.4) is 0 Å². The number of aromatic nitrogens is 1. The number of hydrogen-bond acceptors (Lipinski definition) is 5. The van der Waals surface area contributed by atoms with Crippen LogP contribution in [-0.2, 0) is 25.8 Å². The molecule has 3 heterocycles. The number of aliphatic imine (C=N–C) groups is 1. The second kappa shape index (κ2) is 10.1. The molecule has 3 rings (SSSR count). The van der Waals surface area contributed by atoms with Crippen molar-refractivity contribution in [2.75, 3.05) is 13.1 Å². The molecule has 138 valence electrons. The van der Waals surface area contributed by atoms with Gasteiger partial charge in [-0.05, 0) is 36.4 Å². The van der Waals surface area contributed by atoms with Crippen molar-refractivity contribution >= 4 is 28.6 Å². The summed E-state index contributed by atoms with van der Waals surface area (Å²) in [6.07, 6.45) is 6.50. The monoisotopic (exact) mass is 388 g/mol. The summed E-state index contributed by atoms with van der Waals surface area (Å²) < 4.78 is 5.38. The summed E-state index contributed by atoms with van der Waals surface area (Å²) in [4.78, 5) is 11.8. The molecular formula is C19H24N4OS2. The molecule has 0 radical (unpaired) electrons. The molecule has 0 unspecified atom stereocenters. The minimum atomic E-state index is 0.597. The Morgan fingerprint density at radius 2 is 2.04 bits per heavy atom. The van der Waals surface area contributed by atoms with Gasteiger partial charge in [0.2, 0.25) is 0 Å². The van der Waals surface area contributed by atoms with Crippen LogP contribution in [-0.4, -0.2) is 24.0 Å². The van der Waals surface area contributed by atoms with E-state index in [0.717, 1.165) is 49.1 Å². The number of thiazole rings is 1. The van der Waals surface area contributed by atoms with E-state index in [4.69, 9.17) is 9.41 Å². The van der Waals surface area contributed by atoms with Gasteiger partial charge in [0.25, 0.3) is 0 Å². The Labute approximate surface area is 162 Å². The Bertz CT molecular complexity index is 736. The lowest BCUT2D eigenvalue weighted by molar-refractivity contribution is 0.506. The highest BCUT2D eigenvalue weighted by Gasteiger charge is 2.04. The van der Waals surface area contributed by atoms with E-state index in [-0.39, 0.29) is 0 Å². The quantitative estimate of drug-likeness (QED) is 0.431. The van der Waals surface area contributed by atoms with Gasteiger partial charge in [0.1, 0.15) is 10.8 Å². The van der Waals surface area contributed by atoms with Gasteiger partial charge >= 0.3 is 0 Å². The molecule has 0 aliphatic heterocycles. The van der Waals surface area contributed by atoms with Crippen molar-refractivity contribution in [1.29, 1.82) is 0 Å². The lowest BCUT2D eigenvalue weighted by atomic mass is 10.3. The maximum Gasteiger partial charge on any atom is 0.191 e. The Kier molecular flexibility index (Phi) is 7.27. The van der Waals surface area contributed by atoms with Crippen molar-refractivity contribution in [1.82, 2.24) is 15.6 Å². The smallest absolute Gasteiger partial charge is 0.191 e. The summed E-state index contributed by atoms with van der Waals surface area (Å²) in [5.74, 6) is 1.80. The molecule has 0 aromatic carbocycles. The molecule has 0 amide bonds. The molecule has 26 heavy (non-hydrogen) atoms. The first-order valence-corrected chi connectivity index (χ1v) is 10.5. The van der Waals surface area contributed by atoms with Crippen molar-refractivity contribution in [3.63, 3.8) is 0 Å². The Morgan fingerprint density at radius 3 is 2.73 bits per heavy atom. The van der Waals surface area contributed by atoms with E-state index < -0.39 is 0 Å². The van der Waals surface area contributed by atoms with E-state index in [1.165, 1.54) is 9.75 Å². The van der Waals surface area contributed by atoms with Crippen LogP contribution >= 0.6 is 22.7 Å². The number of rotatable bonds is 9. The number of furan rings is 1. The van der Waals surface area contributed by atoms with Gasteiger partial charge in [0.05, 0.1) is 12.8 Å². The van der Waals surface area contributed by atoms with Crippen LogP contribution in [0.25, 0.3) is 0 Å². The van der Waals surface area contributed by atoms with Gasteiger partial charge in [-0.25, -0.2) is 9.98 Å². The zero-order valence-electron chi connectivity index (χ0n) is 14.9. The van der Waals surface area contributed by atoms with Gasteiger partial charge in [-0.2, -0.15) is 0 Å². The molecule has 2 N–H and O–H groups in total. The normalized spacial score (nSPS) is 11.7. The van der Waals surface area contributed by atoms with E-state index in [1.807, 2.05) is 18.3 Å². The van der Waals surface area contributed by atoms with Crippen molar-refractivity contribution in [2.45, 2.75) is 32.7 Å². The summed E-state index contributed by atoms with van der Waals surface area (Å²) in [6.45, 7) is 4.37. The fourth-order valence-corrected chi connectivity index (χ4v) is 3.92. The molecule has 0 spiro atoms. The van der Waals surface area contributed by atoms with Gasteiger partial charge in [0.15, 0.2) is 5.96 Å². The second-order valence-corrected chi connectivity index (χ2v) is 7.98. The van der Waals surface area contributed by atoms with Crippen LogP contribution in [0.4, 0.5) is 0 Å². The van der Waals surface area contributed by atoms with Crippen molar-refractivity contribution in [2.24, 2.45) is 4.99 Å². The average Bonchev–Trinajstić information content (AvgIpc) is 3.41. The van der Waals surface area contributed by atoms with Crippen LogP contribution in [0.15, 0.2) is 51.5 Å². The van der Waals surface area contributed by atoms with Gasteiger partial charge < -0.3 is 15.1 Å². The molecule has 0 aliphatic rings. The van der Waals surface area contributed by atoms with Gasteiger partial charge in [-0.15, -0.1) is 22.7 Å². The lowest BCUT2D eigenvalue weighted by Gasteiger charge is -2.11. The molecule has 5 nitrogen and oxygen atoms in total. The van der Waals surface area contributed by atoms with E-state index in [0.29, 0.717) is 6.54 Å². The third kappa shape index (κ3) is 6.00. The van der Waals surface area contributed by atoms with Crippen LogP contribution in [0, 0.1) is 0 Å². The minimum absolute atomic E-state index is 0.597. The van der Waals surface area contributed by atoms with Crippen molar-refractivity contribution in [3.05, 3.63) is 62.6 Å². The molecule has 0 atom stereocenters. The number of nitrogens with zero attached hydrogens (tertiary/aromatic N) is 2. The largest absolute Gasteiger partial charge is 0.469 e. The van der Waals surface area contributed by atoms with Crippen LogP contribution in [0.1, 0.15) is 27.4 Å². The number of hydrogen-bond donors (Lipinski definition) is 2. The molecule has 7 heteroatoms. The first-order valence-electron chi connectivity index (χ1n) is 8.84. The zero-order valence-corrected chi connectivity index (χ0v) is 16.5. The fourth-order valence-electron chi connectivity index (χ4n) is 2.42. The summed E-state index contributed by atoms with van der Waals surface area (Å²) in [7, 11) is 0. The predicted octanol–water partition coefficient (Wildman–Crippen LogP) is 3.88. The van der Waals surface area contributed by atoms with Gasteiger partial charge in [-0.1, -0.05) is 13.0 Å². The first-order chi connectivity index (χ1) is 12.8. The second-order valence-electron chi connectivity index (χ2n) is 5.75. The SMILES string of the molecule is CCc1cnc(CN=C(NCCc2ccco2)NCCc2cccs2)s1. The third-order valence-electron chi connectivity index (χ3n) is 3.81. The van der Waals surface area contributed by atoms with E-state index in [1.54, 1.807) is 28.9 Å². The van der Waals surface area contributed by atoms with E-state index in [9.17, 15) is 0 Å². The minimum Gasteiger partial charge on any atom is -0.469 e. The first kappa shape index (κ1) is 18.7. The summed E-state index contributed by atoms with van der Waals surface area (Å²) >= 11 is 3.52. The topological polar surface area (TPSA) is 62.5 Å². The molecule has 0 saturated heterocycles. The Morgan fingerprint density at radius 1 is 1.15 bits per heavy atom. The number of thiophene rings is 1. The highest BCUT2D eigenvalue weighted by Crippen LogP contribution is 2.14.